The summed E-state index contributed by atoms with van der Waals surface area (Å²) in [6.45, 7) is 2.46. The van der Waals surface area contributed by atoms with E-state index in [1.165, 1.54) is 0 Å². The van der Waals surface area contributed by atoms with Crippen LogP contribution in [0.15, 0.2) is 91.0 Å². The molecule has 0 aliphatic rings. The molecule has 0 fully saturated rings. The number of alkyl carbamates (subject to hydrolysis) is 2. The first-order valence-corrected chi connectivity index (χ1v) is 13.8. The van der Waals surface area contributed by atoms with Crippen LogP contribution in [0.25, 0.3) is 0 Å². The third-order valence-electron chi connectivity index (χ3n) is 6.15. The summed E-state index contributed by atoms with van der Waals surface area (Å²) in [6.07, 6.45) is 0.294. The summed E-state index contributed by atoms with van der Waals surface area (Å²) in [5.74, 6) is -0.360. The first-order valence-electron chi connectivity index (χ1n) is 13.3. The average Bonchev–Trinajstić information content (AvgIpc) is 2.99. The minimum atomic E-state index is -0.838. The highest BCUT2D eigenvalue weighted by Gasteiger charge is 2.25. The van der Waals surface area contributed by atoms with Crippen molar-refractivity contribution in [1.82, 2.24) is 16.0 Å². The molecule has 0 spiro atoms. The Hall–Kier alpha value is -4.04. The Morgan fingerprint density at radius 2 is 1.25 bits per heavy atom. The highest BCUT2D eigenvalue weighted by molar-refractivity contribution is 6.21. The number of ether oxygens (including phenoxy) is 2. The van der Waals surface area contributed by atoms with Gasteiger partial charge in [0.05, 0.1) is 5.38 Å². The Morgan fingerprint density at radius 3 is 1.82 bits per heavy atom. The van der Waals surface area contributed by atoms with E-state index in [0.29, 0.717) is 25.8 Å². The molecule has 3 aromatic rings. The van der Waals surface area contributed by atoms with E-state index in [9.17, 15) is 14.4 Å². The lowest BCUT2D eigenvalue weighted by molar-refractivity contribution is -0.123. The number of nitrogens with one attached hydrogen (secondary N) is 3. The lowest BCUT2D eigenvalue weighted by Gasteiger charge is -2.24. The molecule has 3 rings (SSSR count). The molecule has 0 saturated carbocycles. The average molecular weight is 566 g/mol. The predicted molar refractivity (Wildman–Crippen MR) is 155 cm³/mol. The summed E-state index contributed by atoms with van der Waals surface area (Å²) in [4.78, 5) is 37.7. The Balaban J connectivity index is 1.48. The number of halogens is 1. The van der Waals surface area contributed by atoms with E-state index in [1.807, 2.05) is 97.9 Å². The van der Waals surface area contributed by atoms with Crippen LogP contribution in [0.4, 0.5) is 9.59 Å². The maximum absolute atomic E-state index is 13.2. The minimum Gasteiger partial charge on any atom is -0.445 e. The van der Waals surface area contributed by atoms with Crippen LogP contribution in [0.2, 0.25) is 0 Å². The molecule has 212 valence electrons. The number of amides is 3. The number of carbonyl (C=O) groups excluding carboxylic acids is 3. The van der Waals surface area contributed by atoms with Crippen molar-refractivity contribution in [3.63, 3.8) is 0 Å². The van der Waals surface area contributed by atoms with Crippen LogP contribution in [-0.4, -0.2) is 36.7 Å². The first-order chi connectivity index (χ1) is 19.4. The lowest BCUT2D eigenvalue weighted by Crippen LogP contribution is -2.50. The van der Waals surface area contributed by atoms with E-state index in [-0.39, 0.29) is 25.2 Å². The monoisotopic (exact) mass is 565 g/mol. The van der Waals surface area contributed by atoms with Crippen molar-refractivity contribution in [2.75, 3.05) is 6.54 Å². The van der Waals surface area contributed by atoms with Crippen molar-refractivity contribution in [3.8, 4) is 0 Å². The summed E-state index contributed by atoms with van der Waals surface area (Å²) >= 11 is 6.59. The molecule has 3 N–H and O–H groups in total. The van der Waals surface area contributed by atoms with Crippen LogP contribution in [0.1, 0.15) is 48.3 Å². The second-order valence-corrected chi connectivity index (χ2v) is 9.82. The third-order valence-corrected chi connectivity index (χ3v) is 6.78. The molecular weight excluding hydrogens is 530 g/mol. The summed E-state index contributed by atoms with van der Waals surface area (Å²) in [5, 5.41) is 7.87. The Kier molecular flexibility index (Phi) is 12.8. The van der Waals surface area contributed by atoms with Crippen molar-refractivity contribution in [3.05, 3.63) is 108 Å². The third kappa shape index (κ3) is 11.0. The Bertz CT molecular complexity index is 1180. The molecule has 0 heterocycles. The highest BCUT2D eigenvalue weighted by Crippen LogP contribution is 2.24. The largest absolute Gasteiger partial charge is 0.445 e. The molecule has 8 nitrogen and oxygen atoms in total. The highest BCUT2D eigenvalue weighted by atomic mass is 35.5. The Labute approximate surface area is 240 Å². The van der Waals surface area contributed by atoms with Gasteiger partial charge in [0.25, 0.3) is 0 Å². The second kappa shape index (κ2) is 16.8. The van der Waals surface area contributed by atoms with E-state index >= 15 is 0 Å². The molecule has 0 aromatic heterocycles. The fraction of sp³-hybridized carbons (Fsp3) is 0.323. The molecule has 0 aliphatic carbocycles. The minimum absolute atomic E-state index is 0.0875. The van der Waals surface area contributed by atoms with Crippen molar-refractivity contribution >= 4 is 29.7 Å². The normalized spacial score (nSPS) is 12.8. The van der Waals surface area contributed by atoms with Gasteiger partial charge in [0.1, 0.15) is 19.3 Å². The summed E-state index contributed by atoms with van der Waals surface area (Å²) < 4.78 is 10.5. The van der Waals surface area contributed by atoms with Gasteiger partial charge in [-0.25, -0.2) is 9.59 Å². The molecule has 0 radical (unpaired) electrons. The van der Waals surface area contributed by atoms with Crippen LogP contribution in [0.3, 0.4) is 0 Å². The van der Waals surface area contributed by atoms with Gasteiger partial charge in [-0.3, -0.25) is 4.79 Å². The van der Waals surface area contributed by atoms with Crippen LogP contribution < -0.4 is 16.0 Å². The van der Waals surface area contributed by atoms with Crippen molar-refractivity contribution in [2.24, 2.45) is 0 Å². The predicted octanol–water partition coefficient (Wildman–Crippen LogP) is 5.86. The molecule has 1 unspecified atom stereocenters. The molecule has 3 aromatic carbocycles. The molecule has 0 saturated heterocycles. The number of rotatable bonds is 14. The fourth-order valence-electron chi connectivity index (χ4n) is 3.94. The fourth-order valence-corrected chi connectivity index (χ4v) is 4.15. The molecule has 0 aliphatic heterocycles. The van der Waals surface area contributed by atoms with Gasteiger partial charge < -0.3 is 25.4 Å². The van der Waals surface area contributed by atoms with E-state index in [2.05, 4.69) is 16.0 Å². The SMILES string of the molecule is C[C@H](NC(=O)[C@H](CCCCNC(=O)OCc1ccccc1)NC(=O)OCc1ccccc1)C(Cl)c1ccccc1. The van der Waals surface area contributed by atoms with E-state index in [1.54, 1.807) is 0 Å². The van der Waals surface area contributed by atoms with Crippen LogP contribution in [0, 0.1) is 0 Å². The van der Waals surface area contributed by atoms with E-state index < -0.39 is 23.6 Å². The van der Waals surface area contributed by atoms with Gasteiger partial charge in [-0.05, 0) is 42.9 Å². The van der Waals surface area contributed by atoms with Gasteiger partial charge in [0, 0.05) is 12.6 Å². The molecule has 9 heteroatoms. The molecule has 0 bridgehead atoms. The first kappa shape index (κ1) is 30.5. The maximum atomic E-state index is 13.2. The number of hydrogen-bond acceptors (Lipinski definition) is 5. The van der Waals surface area contributed by atoms with Crippen LogP contribution in [-0.2, 0) is 27.5 Å². The molecule has 3 atom stereocenters. The zero-order chi connectivity index (χ0) is 28.6. The van der Waals surface area contributed by atoms with Gasteiger partial charge in [-0.1, -0.05) is 91.0 Å². The van der Waals surface area contributed by atoms with E-state index in [4.69, 9.17) is 21.1 Å². The molecule has 3 amide bonds. The standard InChI is InChI=1S/C31H36ClN3O5/c1-23(28(32)26-17-9-4-10-18-26)34-29(36)27(35-31(38)40-22-25-15-7-3-8-16-25)19-11-12-20-33-30(37)39-21-24-13-5-2-6-14-24/h2-10,13-18,23,27-28H,11-12,19-22H2,1H3,(H,33,37)(H,34,36)(H,35,38)/t23-,27-,28?/m0/s1. The number of carbonyl (C=O) groups is 3. The number of unbranched alkanes of at least 4 members (excludes halogenated alkanes) is 1. The van der Waals surface area contributed by atoms with Crippen molar-refractivity contribution in [2.45, 2.75) is 56.9 Å². The zero-order valence-electron chi connectivity index (χ0n) is 22.6. The zero-order valence-corrected chi connectivity index (χ0v) is 23.3. The number of hydrogen-bond donors (Lipinski definition) is 3. The van der Waals surface area contributed by atoms with Gasteiger partial charge >= 0.3 is 12.2 Å². The van der Waals surface area contributed by atoms with Crippen molar-refractivity contribution < 1.29 is 23.9 Å². The second-order valence-electron chi connectivity index (χ2n) is 9.35. The lowest BCUT2D eigenvalue weighted by atomic mass is 10.0. The number of benzene rings is 3. The number of alkyl halides is 1. The van der Waals surface area contributed by atoms with Crippen LogP contribution in [0.5, 0.6) is 0 Å². The van der Waals surface area contributed by atoms with E-state index in [0.717, 1.165) is 16.7 Å². The summed E-state index contributed by atoms with van der Waals surface area (Å²) in [5.41, 5.74) is 2.62. The summed E-state index contributed by atoms with van der Waals surface area (Å²) in [6, 6.07) is 26.9. The van der Waals surface area contributed by atoms with Gasteiger partial charge in [-0.15, -0.1) is 11.6 Å². The van der Waals surface area contributed by atoms with Gasteiger partial charge in [-0.2, -0.15) is 0 Å². The maximum Gasteiger partial charge on any atom is 0.408 e. The smallest absolute Gasteiger partial charge is 0.408 e. The van der Waals surface area contributed by atoms with Gasteiger partial charge in [0.15, 0.2) is 0 Å². The van der Waals surface area contributed by atoms with Gasteiger partial charge in [0.2, 0.25) is 5.91 Å². The topological polar surface area (TPSA) is 106 Å². The summed E-state index contributed by atoms with van der Waals surface area (Å²) in [7, 11) is 0. The quantitative estimate of drug-likeness (QED) is 0.168. The van der Waals surface area contributed by atoms with Crippen molar-refractivity contribution in [1.29, 1.82) is 0 Å². The molecule has 40 heavy (non-hydrogen) atoms. The van der Waals surface area contributed by atoms with Crippen LogP contribution >= 0.6 is 11.6 Å². The Morgan fingerprint density at radius 1 is 0.725 bits per heavy atom. The molecular formula is C31H36ClN3O5.